The minimum absolute atomic E-state index is 0.194. The molecule has 2 unspecified atom stereocenters. The summed E-state index contributed by atoms with van der Waals surface area (Å²) in [7, 11) is 0. The van der Waals surface area contributed by atoms with Crippen LogP contribution in [0.1, 0.15) is 72.6 Å². The van der Waals surface area contributed by atoms with Gasteiger partial charge < -0.3 is 9.47 Å². The molecule has 5 heteroatoms. The normalized spacial score (nSPS) is 14.4. The predicted molar refractivity (Wildman–Crippen MR) is 88.5 cm³/mol. The van der Waals surface area contributed by atoms with Crippen LogP contribution in [0, 0.1) is 22.7 Å². The van der Waals surface area contributed by atoms with E-state index in [9.17, 15) is 14.9 Å². The lowest BCUT2D eigenvalue weighted by Gasteiger charge is -2.31. The van der Waals surface area contributed by atoms with Crippen LogP contribution in [0.2, 0.25) is 0 Å². The Labute approximate surface area is 140 Å². The highest BCUT2D eigenvalue weighted by Gasteiger charge is 2.51. The smallest absolute Gasteiger partial charge is 0.327 e. The maximum Gasteiger partial charge on any atom is 0.327 e. The zero-order valence-electron chi connectivity index (χ0n) is 15.0. The average Bonchev–Trinajstić information content (AvgIpc) is 2.54. The Kier molecular flexibility index (Phi) is 11.1. The largest absolute Gasteiger partial charge is 0.466 e. The van der Waals surface area contributed by atoms with E-state index in [0.717, 1.165) is 25.7 Å². The Bertz CT molecular complexity index is 402. The highest BCUT2D eigenvalue weighted by molar-refractivity contribution is 5.88. The quantitative estimate of drug-likeness (QED) is 0.400. The fourth-order valence-electron chi connectivity index (χ4n) is 2.73. The molecule has 2 atom stereocenters. The molecule has 0 aliphatic rings. The number of esters is 2. The molecular weight excluding hydrogens is 294 g/mol. The van der Waals surface area contributed by atoms with Gasteiger partial charge in [-0.15, -0.1) is 0 Å². The second-order valence-electron chi connectivity index (χ2n) is 5.71. The molecule has 5 nitrogen and oxygen atoms in total. The lowest BCUT2D eigenvalue weighted by atomic mass is 9.70. The number of rotatable bonds is 12. The summed E-state index contributed by atoms with van der Waals surface area (Å²) in [6.07, 6.45) is 5.05. The van der Waals surface area contributed by atoms with E-state index in [0.29, 0.717) is 19.3 Å². The van der Waals surface area contributed by atoms with Crippen LogP contribution < -0.4 is 0 Å². The molecule has 0 N–H and O–H groups in total. The Hall–Kier alpha value is -1.57. The molecule has 0 saturated heterocycles. The van der Waals surface area contributed by atoms with Crippen LogP contribution >= 0.6 is 0 Å². The van der Waals surface area contributed by atoms with Gasteiger partial charge in [0.2, 0.25) is 0 Å². The number of nitrogens with zero attached hydrogens (tertiary/aromatic N) is 1. The number of carbonyl (C=O) groups is 2. The molecular formula is C18H31NO4. The van der Waals surface area contributed by atoms with Gasteiger partial charge in [-0.25, -0.2) is 0 Å². The SMILES string of the molecule is CCCCCC(C#N)(C(=O)OCC)C(CCCC)C(=O)OCC. The first-order chi connectivity index (χ1) is 11.0. The van der Waals surface area contributed by atoms with Gasteiger partial charge in [-0.2, -0.15) is 5.26 Å². The molecule has 0 rings (SSSR count). The van der Waals surface area contributed by atoms with Gasteiger partial charge in [0.05, 0.1) is 25.2 Å². The van der Waals surface area contributed by atoms with Gasteiger partial charge in [-0.05, 0) is 26.7 Å². The molecule has 0 saturated carbocycles. The molecule has 0 spiro atoms. The van der Waals surface area contributed by atoms with Crippen molar-refractivity contribution in [1.82, 2.24) is 0 Å². The predicted octanol–water partition coefficient (Wildman–Crippen LogP) is 4.01. The van der Waals surface area contributed by atoms with Crippen LogP contribution in [0.5, 0.6) is 0 Å². The van der Waals surface area contributed by atoms with E-state index in [4.69, 9.17) is 9.47 Å². The van der Waals surface area contributed by atoms with E-state index in [1.807, 2.05) is 6.92 Å². The van der Waals surface area contributed by atoms with Crippen LogP contribution in [0.25, 0.3) is 0 Å². The summed E-state index contributed by atoms with van der Waals surface area (Å²) in [6, 6.07) is 2.13. The third-order valence-corrected chi connectivity index (χ3v) is 4.03. The van der Waals surface area contributed by atoms with Gasteiger partial charge in [0.25, 0.3) is 0 Å². The minimum atomic E-state index is -1.44. The minimum Gasteiger partial charge on any atom is -0.466 e. The van der Waals surface area contributed by atoms with Crippen LogP contribution in [0.15, 0.2) is 0 Å². The van der Waals surface area contributed by atoms with Crippen molar-refractivity contribution < 1.29 is 19.1 Å². The molecule has 0 aliphatic carbocycles. The van der Waals surface area contributed by atoms with E-state index in [1.165, 1.54) is 0 Å². The van der Waals surface area contributed by atoms with E-state index in [1.54, 1.807) is 13.8 Å². The lowest BCUT2D eigenvalue weighted by molar-refractivity contribution is -0.166. The number of hydrogen-bond acceptors (Lipinski definition) is 5. The second kappa shape index (κ2) is 11.9. The first-order valence-electron chi connectivity index (χ1n) is 8.79. The summed E-state index contributed by atoms with van der Waals surface area (Å²) >= 11 is 0. The molecule has 0 bridgehead atoms. The van der Waals surface area contributed by atoms with Crippen molar-refractivity contribution in [3.8, 4) is 6.07 Å². The first kappa shape index (κ1) is 21.4. The topological polar surface area (TPSA) is 76.4 Å². The monoisotopic (exact) mass is 325 g/mol. The molecule has 0 aliphatic heterocycles. The molecule has 0 aromatic carbocycles. The molecule has 0 radical (unpaired) electrons. The van der Waals surface area contributed by atoms with Crippen LogP contribution in [0.4, 0.5) is 0 Å². The molecule has 23 heavy (non-hydrogen) atoms. The zero-order chi connectivity index (χ0) is 17.7. The highest BCUT2D eigenvalue weighted by Crippen LogP contribution is 2.39. The van der Waals surface area contributed by atoms with Crippen molar-refractivity contribution in [3.63, 3.8) is 0 Å². The number of nitriles is 1. The van der Waals surface area contributed by atoms with Crippen molar-refractivity contribution in [3.05, 3.63) is 0 Å². The number of ether oxygens (including phenoxy) is 2. The fraction of sp³-hybridized carbons (Fsp3) is 0.833. The summed E-state index contributed by atoms with van der Waals surface area (Å²) in [6.45, 7) is 7.93. The molecule has 0 amide bonds. The number of unbranched alkanes of at least 4 members (excludes halogenated alkanes) is 3. The van der Waals surface area contributed by atoms with E-state index in [2.05, 4.69) is 13.0 Å². The lowest BCUT2D eigenvalue weighted by Crippen LogP contribution is -2.43. The van der Waals surface area contributed by atoms with Gasteiger partial charge in [0, 0.05) is 0 Å². The van der Waals surface area contributed by atoms with E-state index in [-0.39, 0.29) is 13.2 Å². The first-order valence-corrected chi connectivity index (χ1v) is 8.79. The van der Waals surface area contributed by atoms with E-state index >= 15 is 0 Å². The second-order valence-corrected chi connectivity index (χ2v) is 5.71. The zero-order valence-corrected chi connectivity index (χ0v) is 15.0. The maximum absolute atomic E-state index is 12.6. The molecule has 0 fully saturated rings. The Morgan fingerprint density at radius 3 is 2.09 bits per heavy atom. The maximum atomic E-state index is 12.6. The average molecular weight is 325 g/mol. The standard InChI is InChI=1S/C18H31NO4/c1-5-9-11-13-18(14-19,17(21)23-8-4)15(12-10-6-2)16(20)22-7-3/h15H,5-13H2,1-4H3. The van der Waals surface area contributed by atoms with Crippen molar-refractivity contribution >= 4 is 11.9 Å². The van der Waals surface area contributed by atoms with Crippen molar-refractivity contribution in [1.29, 1.82) is 5.26 Å². The summed E-state index contributed by atoms with van der Waals surface area (Å²) in [5.41, 5.74) is -1.44. The van der Waals surface area contributed by atoms with Crippen LogP contribution in [-0.2, 0) is 19.1 Å². The van der Waals surface area contributed by atoms with Crippen LogP contribution in [-0.4, -0.2) is 25.2 Å². The van der Waals surface area contributed by atoms with Gasteiger partial charge >= 0.3 is 11.9 Å². The summed E-state index contributed by atoms with van der Waals surface area (Å²) in [5, 5.41) is 9.80. The van der Waals surface area contributed by atoms with Gasteiger partial charge in [-0.1, -0.05) is 46.0 Å². The molecule has 0 aromatic heterocycles. The van der Waals surface area contributed by atoms with Gasteiger partial charge in [-0.3, -0.25) is 9.59 Å². The fourth-order valence-corrected chi connectivity index (χ4v) is 2.73. The molecule has 132 valence electrons. The number of carbonyl (C=O) groups excluding carboxylic acids is 2. The van der Waals surface area contributed by atoms with E-state index < -0.39 is 23.3 Å². The number of hydrogen-bond donors (Lipinski definition) is 0. The van der Waals surface area contributed by atoms with Crippen molar-refractivity contribution in [2.45, 2.75) is 72.6 Å². The Morgan fingerprint density at radius 2 is 1.61 bits per heavy atom. The summed E-state index contributed by atoms with van der Waals surface area (Å²) in [4.78, 5) is 25.0. The Balaban J connectivity index is 5.61. The molecule has 0 heterocycles. The third-order valence-electron chi connectivity index (χ3n) is 4.03. The van der Waals surface area contributed by atoms with Crippen LogP contribution in [0.3, 0.4) is 0 Å². The van der Waals surface area contributed by atoms with Crippen molar-refractivity contribution in [2.75, 3.05) is 13.2 Å². The van der Waals surface area contributed by atoms with Gasteiger partial charge in [0.15, 0.2) is 5.41 Å². The van der Waals surface area contributed by atoms with Gasteiger partial charge in [0.1, 0.15) is 0 Å². The molecule has 0 aromatic rings. The highest BCUT2D eigenvalue weighted by atomic mass is 16.5. The summed E-state index contributed by atoms with van der Waals surface area (Å²) < 4.78 is 10.3. The third kappa shape index (κ3) is 6.21. The Morgan fingerprint density at radius 1 is 1.00 bits per heavy atom. The summed E-state index contributed by atoms with van der Waals surface area (Å²) in [5.74, 6) is -1.82. The van der Waals surface area contributed by atoms with Crippen molar-refractivity contribution in [2.24, 2.45) is 11.3 Å².